The maximum absolute atomic E-state index is 11.1. The number of rotatable bonds is 3. The average Bonchev–Trinajstić information content (AvgIpc) is 1.86. The molecule has 0 aromatic heterocycles. The molecule has 0 heterocycles. The summed E-state index contributed by atoms with van der Waals surface area (Å²) in [5, 5.41) is 0. The summed E-state index contributed by atoms with van der Waals surface area (Å²) in [6.07, 6.45) is 0.437. The van der Waals surface area contributed by atoms with Crippen molar-refractivity contribution in [1.82, 2.24) is 0 Å². The first-order valence-electron chi connectivity index (χ1n) is 3.47. The van der Waals surface area contributed by atoms with Gasteiger partial charge in [0.05, 0.1) is 5.41 Å². The smallest absolute Gasteiger partial charge is 0.145 e. The molecule has 0 aliphatic carbocycles. The van der Waals surface area contributed by atoms with Gasteiger partial charge in [-0.2, -0.15) is 0 Å². The van der Waals surface area contributed by atoms with Crippen molar-refractivity contribution in [2.75, 3.05) is 0 Å². The molecule has 0 saturated carbocycles. The molecule has 0 spiro atoms. The second-order valence-corrected chi connectivity index (χ2v) is 2.96. The van der Waals surface area contributed by atoms with Crippen LogP contribution in [0.25, 0.3) is 0 Å². The molecule has 0 amide bonds. The normalized spacial score (nSPS) is 11.2. The molecule has 2 heteroatoms. The quantitative estimate of drug-likeness (QED) is 0.560. The highest BCUT2D eigenvalue weighted by Crippen LogP contribution is 2.18. The average molecular weight is 142 g/mol. The maximum atomic E-state index is 11.1. The molecule has 0 aromatic carbocycles. The Hall–Kier alpha value is -0.660. The predicted octanol–water partition coefficient (Wildman–Crippen LogP) is 1.58. The first-order chi connectivity index (χ1) is 4.42. The topological polar surface area (TPSA) is 34.1 Å². The SMILES string of the molecule is CCC(=O)C(C)(C)C(C)=O. The van der Waals surface area contributed by atoms with E-state index in [0.717, 1.165) is 0 Å². The van der Waals surface area contributed by atoms with Crippen molar-refractivity contribution < 1.29 is 9.59 Å². The number of ketones is 2. The van der Waals surface area contributed by atoms with E-state index in [4.69, 9.17) is 0 Å². The van der Waals surface area contributed by atoms with Crippen LogP contribution >= 0.6 is 0 Å². The Bertz CT molecular complexity index is 157. The van der Waals surface area contributed by atoms with E-state index in [1.54, 1.807) is 20.8 Å². The molecular weight excluding hydrogens is 128 g/mol. The second-order valence-electron chi connectivity index (χ2n) is 2.96. The molecule has 58 valence electrons. The molecule has 0 saturated heterocycles. The highest BCUT2D eigenvalue weighted by atomic mass is 16.2. The van der Waals surface area contributed by atoms with Crippen LogP contribution in [0.5, 0.6) is 0 Å². The lowest BCUT2D eigenvalue weighted by Gasteiger charge is -2.17. The van der Waals surface area contributed by atoms with Gasteiger partial charge in [-0.1, -0.05) is 6.92 Å². The molecule has 0 unspecified atom stereocenters. The minimum atomic E-state index is -0.769. The molecular formula is C8H14O2. The standard InChI is InChI=1S/C8H14O2/c1-5-7(10)8(3,4)6(2)9/h5H2,1-4H3. The molecule has 0 fully saturated rings. The van der Waals surface area contributed by atoms with Crippen molar-refractivity contribution in [3.05, 3.63) is 0 Å². The van der Waals surface area contributed by atoms with Gasteiger partial charge in [0.25, 0.3) is 0 Å². The molecule has 0 rings (SSSR count). The van der Waals surface area contributed by atoms with Gasteiger partial charge in [0.15, 0.2) is 0 Å². The van der Waals surface area contributed by atoms with Gasteiger partial charge < -0.3 is 0 Å². The third-order valence-electron chi connectivity index (χ3n) is 1.90. The van der Waals surface area contributed by atoms with E-state index in [1.807, 2.05) is 0 Å². The van der Waals surface area contributed by atoms with Crippen LogP contribution in [-0.4, -0.2) is 11.6 Å². The fraction of sp³-hybridized carbons (Fsp3) is 0.750. The lowest BCUT2D eigenvalue weighted by molar-refractivity contribution is -0.137. The first kappa shape index (κ1) is 9.34. The summed E-state index contributed by atoms with van der Waals surface area (Å²) in [5.74, 6) is -0.0423. The van der Waals surface area contributed by atoms with Crippen LogP contribution in [0.15, 0.2) is 0 Å². The summed E-state index contributed by atoms with van der Waals surface area (Å²) in [5.41, 5.74) is -0.769. The van der Waals surface area contributed by atoms with Crippen LogP contribution in [-0.2, 0) is 9.59 Å². The summed E-state index contributed by atoms with van der Waals surface area (Å²) in [6, 6.07) is 0. The van der Waals surface area contributed by atoms with Gasteiger partial charge in [-0.3, -0.25) is 9.59 Å². The number of carbonyl (C=O) groups is 2. The van der Waals surface area contributed by atoms with Gasteiger partial charge in [0.1, 0.15) is 11.6 Å². The molecule has 0 aromatic rings. The fourth-order valence-corrected chi connectivity index (χ4v) is 0.638. The molecule has 0 bridgehead atoms. The van der Waals surface area contributed by atoms with Crippen LogP contribution in [0, 0.1) is 5.41 Å². The summed E-state index contributed by atoms with van der Waals surface area (Å²) < 4.78 is 0. The molecule has 0 radical (unpaired) electrons. The van der Waals surface area contributed by atoms with E-state index in [0.29, 0.717) is 6.42 Å². The van der Waals surface area contributed by atoms with Crippen molar-refractivity contribution in [3.8, 4) is 0 Å². The summed E-state index contributed by atoms with van der Waals surface area (Å²) in [7, 11) is 0. The zero-order chi connectivity index (χ0) is 8.36. The zero-order valence-corrected chi connectivity index (χ0v) is 7.02. The van der Waals surface area contributed by atoms with E-state index < -0.39 is 5.41 Å². The Kier molecular flexibility index (Phi) is 2.76. The maximum Gasteiger partial charge on any atom is 0.145 e. The molecule has 0 N–H and O–H groups in total. The van der Waals surface area contributed by atoms with Crippen LogP contribution < -0.4 is 0 Å². The van der Waals surface area contributed by atoms with E-state index in [1.165, 1.54) is 6.92 Å². The molecule has 0 aliphatic heterocycles. The summed E-state index contributed by atoms with van der Waals surface area (Å²) in [4.78, 5) is 21.9. The molecule has 0 aliphatic rings. The molecule has 2 nitrogen and oxygen atoms in total. The van der Waals surface area contributed by atoms with Gasteiger partial charge in [-0.25, -0.2) is 0 Å². The monoisotopic (exact) mass is 142 g/mol. The summed E-state index contributed by atoms with van der Waals surface area (Å²) >= 11 is 0. The van der Waals surface area contributed by atoms with Crippen LogP contribution in [0.3, 0.4) is 0 Å². The zero-order valence-electron chi connectivity index (χ0n) is 7.02. The van der Waals surface area contributed by atoms with Crippen molar-refractivity contribution in [1.29, 1.82) is 0 Å². The Balaban J connectivity index is 4.40. The minimum absolute atomic E-state index is 0.0139. The number of Topliss-reactive ketones (excluding diaryl/α,β-unsaturated/α-hetero) is 2. The van der Waals surface area contributed by atoms with Gasteiger partial charge in [0, 0.05) is 6.42 Å². The number of hydrogen-bond donors (Lipinski definition) is 0. The van der Waals surface area contributed by atoms with Gasteiger partial charge in [-0.15, -0.1) is 0 Å². The highest BCUT2D eigenvalue weighted by molar-refractivity contribution is 6.04. The predicted molar refractivity (Wildman–Crippen MR) is 39.8 cm³/mol. The third-order valence-corrected chi connectivity index (χ3v) is 1.90. The minimum Gasteiger partial charge on any atom is -0.299 e. The molecule has 0 atom stereocenters. The van der Waals surface area contributed by atoms with Gasteiger partial charge in [0.2, 0.25) is 0 Å². The number of carbonyl (C=O) groups excluding carboxylic acids is 2. The van der Waals surface area contributed by atoms with E-state index in [2.05, 4.69) is 0 Å². The van der Waals surface area contributed by atoms with Crippen molar-refractivity contribution >= 4 is 11.6 Å². The Morgan fingerprint density at radius 2 is 1.70 bits per heavy atom. The Morgan fingerprint density at radius 1 is 1.30 bits per heavy atom. The van der Waals surface area contributed by atoms with Crippen molar-refractivity contribution in [3.63, 3.8) is 0 Å². The van der Waals surface area contributed by atoms with Crippen LogP contribution in [0.4, 0.5) is 0 Å². The highest BCUT2D eigenvalue weighted by Gasteiger charge is 2.30. The lowest BCUT2D eigenvalue weighted by Crippen LogP contribution is -2.30. The Morgan fingerprint density at radius 3 is 1.80 bits per heavy atom. The van der Waals surface area contributed by atoms with Crippen molar-refractivity contribution in [2.45, 2.75) is 34.1 Å². The van der Waals surface area contributed by atoms with E-state index in [-0.39, 0.29) is 11.6 Å². The first-order valence-corrected chi connectivity index (χ1v) is 3.47. The van der Waals surface area contributed by atoms with E-state index >= 15 is 0 Å². The van der Waals surface area contributed by atoms with Gasteiger partial charge >= 0.3 is 0 Å². The molecule has 10 heavy (non-hydrogen) atoms. The van der Waals surface area contributed by atoms with Crippen LogP contribution in [0.2, 0.25) is 0 Å². The Labute approximate surface area is 61.6 Å². The lowest BCUT2D eigenvalue weighted by atomic mass is 9.83. The largest absolute Gasteiger partial charge is 0.299 e. The van der Waals surface area contributed by atoms with Gasteiger partial charge in [-0.05, 0) is 20.8 Å². The van der Waals surface area contributed by atoms with Crippen LogP contribution in [0.1, 0.15) is 34.1 Å². The van der Waals surface area contributed by atoms with E-state index in [9.17, 15) is 9.59 Å². The second kappa shape index (κ2) is 2.95. The fourth-order valence-electron chi connectivity index (χ4n) is 0.638. The summed E-state index contributed by atoms with van der Waals surface area (Å²) in [6.45, 7) is 6.56. The number of hydrogen-bond acceptors (Lipinski definition) is 2. The third kappa shape index (κ3) is 1.66. The van der Waals surface area contributed by atoms with Crippen molar-refractivity contribution in [2.24, 2.45) is 5.41 Å².